The maximum Gasteiger partial charge on any atom is 0.306 e. The van der Waals surface area contributed by atoms with Crippen LogP contribution in [-0.2, 0) is 25.5 Å². The maximum atomic E-state index is 11.8. The van der Waals surface area contributed by atoms with E-state index < -0.39 is 17.8 Å². The molecule has 7 heteroatoms. The molecule has 0 aliphatic rings. The van der Waals surface area contributed by atoms with E-state index >= 15 is 0 Å². The van der Waals surface area contributed by atoms with Gasteiger partial charge in [0.05, 0.1) is 13.0 Å². The first-order chi connectivity index (χ1) is 13.9. The van der Waals surface area contributed by atoms with Gasteiger partial charge in [-0.15, -0.1) is 0 Å². The Morgan fingerprint density at radius 2 is 1.52 bits per heavy atom. The van der Waals surface area contributed by atoms with Gasteiger partial charge in [-0.3, -0.25) is 25.2 Å². The van der Waals surface area contributed by atoms with Gasteiger partial charge in [-0.25, -0.2) is 0 Å². The molecule has 2 aromatic rings. The third-order valence-corrected chi connectivity index (χ3v) is 3.96. The fraction of sp³-hybridized carbons (Fsp3) is 0.318. The average Bonchev–Trinajstić information content (AvgIpc) is 2.69. The van der Waals surface area contributed by atoms with Crippen molar-refractivity contribution in [2.24, 2.45) is 0 Å². The van der Waals surface area contributed by atoms with Gasteiger partial charge in [0.15, 0.2) is 6.61 Å². The monoisotopic (exact) mass is 398 g/mol. The van der Waals surface area contributed by atoms with E-state index in [2.05, 4.69) is 10.9 Å². The van der Waals surface area contributed by atoms with Crippen LogP contribution in [0.25, 0.3) is 0 Å². The molecule has 0 bridgehead atoms. The molecule has 29 heavy (non-hydrogen) atoms. The van der Waals surface area contributed by atoms with Crippen molar-refractivity contribution in [2.45, 2.75) is 33.1 Å². The molecule has 0 aliphatic carbocycles. The molecule has 0 saturated carbocycles. The lowest BCUT2D eigenvalue weighted by Gasteiger charge is -2.10. The summed E-state index contributed by atoms with van der Waals surface area (Å²) in [5.41, 5.74) is 7.64. The van der Waals surface area contributed by atoms with Crippen LogP contribution in [0.2, 0.25) is 0 Å². The number of hydrogen-bond donors (Lipinski definition) is 2. The topological polar surface area (TPSA) is 93.7 Å². The number of hydrogen-bond acceptors (Lipinski definition) is 5. The van der Waals surface area contributed by atoms with Crippen molar-refractivity contribution >= 4 is 17.8 Å². The quantitative estimate of drug-likeness (QED) is 0.500. The molecule has 2 amide bonds. The second-order valence-corrected chi connectivity index (χ2v) is 6.66. The summed E-state index contributed by atoms with van der Waals surface area (Å²) in [6.45, 7) is 3.90. The average molecular weight is 398 g/mol. The van der Waals surface area contributed by atoms with E-state index in [0.717, 1.165) is 16.7 Å². The van der Waals surface area contributed by atoms with Gasteiger partial charge in [0.2, 0.25) is 5.91 Å². The summed E-state index contributed by atoms with van der Waals surface area (Å²) in [7, 11) is 0. The van der Waals surface area contributed by atoms with Crippen molar-refractivity contribution in [2.75, 3.05) is 13.2 Å². The molecule has 0 fully saturated rings. The number of nitrogens with one attached hydrogen (secondary N) is 2. The fourth-order valence-electron chi connectivity index (χ4n) is 2.62. The van der Waals surface area contributed by atoms with E-state index in [-0.39, 0.29) is 26.1 Å². The maximum absolute atomic E-state index is 11.8. The van der Waals surface area contributed by atoms with E-state index in [0.29, 0.717) is 12.2 Å². The third-order valence-electron chi connectivity index (χ3n) is 3.96. The van der Waals surface area contributed by atoms with Crippen molar-refractivity contribution in [1.82, 2.24) is 10.9 Å². The summed E-state index contributed by atoms with van der Waals surface area (Å²) in [4.78, 5) is 35.2. The van der Waals surface area contributed by atoms with Gasteiger partial charge in [-0.05, 0) is 42.7 Å². The third kappa shape index (κ3) is 8.92. The van der Waals surface area contributed by atoms with Crippen molar-refractivity contribution in [3.8, 4) is 5.75 Å². The SMILES string of the molecule is Cc1cc(C)cc(OCC(=O)NNC(=O)CCC(=O)OCCc2ccccc2)c1. The first kappa shape index (κ1) is 21.9. The molecule has 7 nitrogen and oxygen atoms in total. The highest BCUT2D eigenvalue weighted by Crippen LogP contribution is 2.15. The minimum absolute atomic E-state index is 0.0600. The van der Waals surface area contributed by atoms with E-state index in [1.54, 1.807) is 0 Å². The van der Waals surface area contributed by atoms with Crippen LogP contribution in [0.5, 0.6) is 5.75 Å². The Balaban J connectivity index is 1.57. The predicted octanol–water partition coefficient (Wildman–Crippen LogP) is 2.40. The Morgan fingerprint density at radius 3 is 2.21 bits per heavy atom. The van der Waals surface area contributed by atoms with Gasteiger partial charge in [-0.2, -0.15) is 0 Å². The molecular weight excluding hydrogens is 372 g/mol. The normalized spacial score (nSPS) is 10.1. The van der Waals surface area contributed by atoms with Crippen LogP contribution in [0, 0.1) is 13.8 Å². The first-order valence-corrected chi connectivity index (χ1v) is 9.40. The molecule has 0 heterocycles. The Bertz CT molecular complexity index is 816. The largest absolute Gasteiger partial charge is 0.484 e. The van der Waals surface area contributed by atoms with Gasteiger partial charge in [0.1, 0.15) is 5.75 Å². The number of carbonyl (C=O) groups excluding carboxylic acids is 3. The second-order valence-electron chi connectivity index (χ2n) is 6.66. The Morgan fingerprint density at radius 1 is 0.862 bits per heavy atom. The number of rotatable bonds is 9. The van der Waals surface area contributed by atoms with E-state index in [4.69, 9.17) is 9.47 Å². The Hall–Kier alpha value is -3.35. The molecule has 0 aliphatic heterocycles. The van der Waals surface area contributed by atoms with Gasteiger partial charge < -0.3 is 9.47 Å². The summed E-state index contributed by atoms with van der Waals surface area (Å²) >= 11 is 0. The smallest absolute Gasteiger partial charge is 0.306 e. The molecule has 2 aromatic carbocycles. The van der Waals surface area contributed by atoms with Crippen LogP contribution in [0.4, 0.5) is 0 Å². The van der Waals surface area contributed by atoms with Crippen LogP contribution in [0.3, 0.4) is 0 Å². The molecule has 2 rings (SSSR count). The molecule has 0 radical (unpaired) electrons. The van der Waals surface area contributed by atoms with E-state index in [1.807, 2.05) is 62.4 Å². The molecule has 0 aromatic heterocycles. The Labute approximate surface area is 170 Å². The van der Waals surface area contributed by atoms with Gasteiger partial charge in [0.25, 0.3) is 5.91 Å². The zero-order valence-electron chi connectivity index (χ0n) is 16.7. The molecule has 0 spiro atoms. The zero-order valence-corrected chi connectivity index (χ0v) is 16.7. The van der Waals surface area contributed by atoms with Gasteiger partial charge >= 0.3 is 5.97 Å². The molecule has 0 unspecified atom stereocenters. The summed E-state index contributed by atoms with van der Waals surface area (Å²) in [5, 5.41) is 0. The van der Waals surface area contributed by atoms with Crippen LogP contribution in [-0.4, -0.2) is 31.0 Å². The predicted molar refractivity (Wildman–Crippen MR) is 108 cm³/mol. The van der Waals surface area contributed by atoms with E-state index in [1.165, 1.54) is 0 Å². The summed E-state index contributed by atoms with van der Waals surface area (Å²) in [6, 6.07) is 15.3. The Kier molecular flexibility index (Phi) is 8.69. The lowest BCUT2D eigenvalue weighted by molar-refractivity contribution is -0.145. The number of carbonyl (C=O) groups is 3. The number of aryl methyl sites for hydroxylation is 2. The standard InChI is InChI=1S/C22H26N2O5/c1-16-12-17(2)14-19(13-16)29-15-21(26)24-23-20(25)8-9-22(27)28-11-10-18-6-4-3-5-7-18/h3-7,12-14H,8-11,15H2,1-2H3,(H,23,25)(H,24,26). The van der Waals surface area contributed by atoms with Crippen LogP contribution in [0.1, 0.15) is 29.5 Å². The van der Waals surface area contributed by atoms with Crippen molar-refractivity contribution in [3.05, 3.63) is 65.2 Å². The van der Waals surface area contributed by atoms with Crippen molar-refractivity contribution in [3.63, 3.8) is 0 Å². The number of benzene rings is 2. The lowest BCUT2D eigenvalue weighted by atomic mass is 10.1. The van der Waals surface area contributed by atoms with Crippen LogP contribution < -0.4 is 15.6 Å². The van der Waals surface area contributed by atoms with Crippen LogP contribution >= 0.6 is 0 Å². The molecule has 154 valence electrons. The minimum atomic E-state index is -0.497. The highest BCUT2D eigenvalue weighted by Gasteiger charge is 2.10. The molecule has 0 atom stereocenters. The lowest BCUT2D eigenvalue weighted by Crippen LogP contribution is -2.43. The second kappa shape index (κ2) is 11.5. The molecule has 0 saturated heterocycles. The number of esters is 1. The summed E-state index contributed by atoms with van der Waals surface area (Å²) in [5.74, 6) is -0.851. The van der Waals surface area contributed by atoms with Crippen LogP contribution in [0.15, 0.2) is 48.5 Å². The number of amides is 2. The van der Waals surface area contributed by atoms with Crippen molar-refractivity contribution in [1.29, 1.82) is 0 Å². The zero-order chi connectivity index (χ0) is 21.1. The number of hydrazine groups is 1. The molecular formula is C22H26N2O5. The summed E-state index contributed by atoms with van der Waals surface area (Å²) < 4.78 is 10.5. The highest BCUT2D eigenvalue weighted by molar-refractivity contribution is 5.84. The summed E-state index contributed by atoms with van der Waals surface area (Å²) in [6.07, 6.45) is 0.479. The molecule has 2 N–H and O–H groups in total. The minimum Gasteiger partial charge on any atom is -0.484 e. The van der Waals surface area contributed by atoms with Crippen molar-refractivity contribution < 1.29 is 23.9 Å². The van der Waals surface area contributed by atoms with E-state index in [9.17, 15) is 14.4 Å². The highest BCUT2D eigenvalue weighted by atomic mass is 16.5. The number of ether oxygens (including phenoxy) is 2. The fourth-order valence-corrected chi connectivity index (χ4v) is 2.62. The van der Waals surface area contributed by atoms with Gasteiger partial charge in [0, 0.05) is 12.8 Å². The first-order valence-electron chi connectivity index (χ1n) is 9.40. The van der Waals surface area contributed by atoms with Gasteiger partial charge in [-0.1, -0.05) is 36.4 Å².